The van der Waals surface area contributed by atoms with Crippen molar-refractivity contribution in [3.05, 3.63) is 33.9 Å². The van der Waals surface area contributed by atoms with Crippen LogP contribution in [0.5, 0.6) is 0 Å². The summed E-state index contributed by atoms with van der Waals surface area (Å²) in [6.07, 6.45) is 0.693. The van der Waals surface area contributed by atoms with Gasteiger partial charge in [0.2, 0.25) is 10.0 Å². The Balaban J connectivity index is 2.51. The molecule has 0 bridgehead atoms. The molecule has 1 aromatic carbocycles. The fraction of sp³-hybridized carbons (Fsp3) is 0.500. The van der Waals surface area contributed by atoms with E-state index in [1.54, 1.807) is 13.0 Å². The smallest absolute Gasteiger partial charge is 0.289 e. The molecule has 1 fully saturated rings. The zero-order chi connectivity index (χ0) is 14.8. The molecule has 1 N–H and O–H groups in total. The Kier molecular flexibility index (Phi) is 4.36. The first-order valence-corrected chi connectivity index (χ1v) is 7.83. The number of sulfonamides is 1. The largest absolute Gasteiger partial charge is 0.315 e. The second kappa shape index (κ2) is 5.86. The summed E-state index contributed by atoms with van der Waals surface area (Å²) in [6, 6.07) is 4.31. The third kappa shape index (κ3) is 2.82. The highest BCUT2D eigenvalue weighted by molar-refractivity contribution is 7.89. The van der Waals surface area contributed by atoms with Gasteiger partial charge in [0.15, 0.2) is 4.90 Å². The lowest BCUT2D eigenvalue weighted by Gasteiger charge is -2.20. The highest BCUT2D eigenvalue weighted by Gasteiger charge is 2.33. The molecular formula is C12H17N3O4S. The molecule has 0 radical (unpaired) electrons. The zero-order valence-electron chi connectivity index (χ0n) is 11.2. The summed E-state index contributed by atoms with van der Waals surface area (Å²) in [7, 11) is -3.84. The molecule has 0 saturated carbocycles. The van der Waals surface area contributed by atoms with Gasteiger partial charge in [-0.25, -0.2) is 8.42 Å². The molecule has 0 atom stereocenters. The summed E-state index contributed by atoms with van der Waals surface area (Å²) in [5.41, 5.74) is 0.0404. The van der Waals surface area contributed by atoms with Crippen LogP contribution in [0.4, 0.5) is 5.69 Å². The Morgan fingerprint density at radius 2 is 2.05 bits per heavy atom. The molecule has 1 saturated heterocycles. The van der Waals surface area contributed by atoms with Crippen molar-refractivity contribution in [3.8, 4) is 0 Å². The lowest BCUT2D eigenvalue weighted by atomic mass is 10.2. The number of benzene rings is 1. The number of nitro groups is 1. The van der Waals surface area contributed by atoms with Gasteiger partial charge in [-0.2, -0.15) is 4.31 Å². The maximum atomic E-state index is 12.7. The van der Waals surface area contributed by atoms with Gasteiger partial charge in [-0.15, -0.1) is 0 Å². The number of nitro benzene ring substituents is 1. The summed E-state index contributed by atoms with van der Waals surface area (Å²) in [5.74, 6) is 0. The molecule has 0 spiro atoms. The first kappa shape index (κ1) is 14.9. The molecule has 1 aliphatic rings. The number of aryl methyl sites for hydroxylation is 1. The number of hydrogen-bond donors (Lipinski definition) is 1. The Labute approximate surface area is 117 Å². The minimum Gasteiger partial charge on any atom is -0.315 e. The van der Waals surface area contributed by atoms with Crippen molar-refractivity contribution in [1.82, 2.24) is 9.62 Å². The number of rotatable bonds is 3. The van der Waals surface area contributed by atoms with Crippen LogP contribution in [0.15, 0.2) is 23.1 Å². The minimum atomic E-state index is -3.84. The first-order valence-electron chi connectivity index (χ1n) is 6.39. The van der Waals surface area contributed by atoms with Crippen LogP contribution in [0.2, 0.25) is 0 Å². The number of nitrogens with zero attached hydrogens (tertiary/aromatic N) is 2. The predicted octanol–water partition coefficient (Wildman–Crippen LogP) is 0.887. The maximum absolute atomic E-state index is 12.7. The Morgan fingerprint density at radius 1 is 1.30 bits per heavy atom. The Bertz CT molecular complexity index is 607. The molecule has 110 valence electrons. The van der Waals surface area contributed by atoms with Crippen LogP contribution >= 0.6 is 0 Å². The summed E-state index contributed by atoms with van der Waals surface area (Å²) >= 11 is 0. The minimum absolute atomic E-state index is 0.188. The van der Waals surface area contributed by atoms with Crippen LogP contribution in [0, 0.1) is 17.0 Å². The number of nitrogens with one attached hydrogen (secondary N) is 1. The summed E-state index contributed by atoms with van der Waals surface area (Å²) < 4.78 is 26.7. The molecule has 8 heteroatoms. The van der Waals surface area contributed by atoms with E-state index in [1.807, 2.05) is 0 Å². The molecule has 0 amide bonds. The molecular weight excluding hydrogens is 282 g/mol. The van der Waals surface area contributed by atoms with Crippen molar-refractivity contribution in [2.24, 2.45) is 0 Å². The second-order valence-electron chi connectivity index (χ2n) is 4.69. The van der Waals surface area contributed by atoms with Crippen LogP contribution < -0.4 is 5.32 Å². The van der Waals surface area contributed by atoms with Gasteiger partial charge in [-0.05, 0) is 25.5 Å². The van der Waals surface area contributed by atoms with E-state index in [0.717, 1.165) is 6.54 Å². The molecule has 2 rings (SSSR count). The first-order chi connectivity index (χ1) is 9.44. The monoisotopic (exact) mass is 299 g/mol. The molecule has 1 aromatic rings. The summed E-state index contributed by atoms with van der Waals surface area (Å²) in [5, 5.41) is 14.2. The van der Waals surface area contributed by atoms with E-state index >= 15 is 0 Å². The van der Waals surface area contributed by atoms with Gasteiger partial charge < -0.3 is 5.32 Å². The van der Waals surface area contributed by atoms with Gasteiger partial charge in [-0.1, -0.05) is 12.1 Å². The van der Waals surface area contributed by atoms with E-state index < -0.39 is 14.9 Å². The van der Waals surface area contributed by atoms with Gasteiger partial charge in [0.1, 0.15) is 0 Å². The predicted molar refractivity (Wildman–Crippen MR) is 74.1 cm³/mol. The average molecular weight is 299 g/mol. The van der Waals surface area contributed by atoms with Crippen molar-refractivity contribution < 1.29 is 13.3 Å². The Hall–Kier alpha value is -1.51. The lowest BCUT2D eigenvalue weighted by Crippen LogP contribution is -2.35. The maximum Gasteiger partial charge on any atom is 0.289 e. The zero-order valence-corrected chi connectivity index (χ0v) is 12.0. The van der Waals surface area contributed by atoms with Crippen molar-refractivity contribution in [3.63, 3.8) is 0 Å². The lowest BCUT2D eigenvalue weighted by molar-refractivity contribution is -0.387. The van der Waals surface area contributed by atoms with Crippen LogP contribution in [-0.2, 0) is 10.0 Å². The summed E-state index contributed by atoms with van der Waals surface area (Å²) in [4.78, 5) is 10.3. The van der Waals surface area contributed by atoms with E-state index in [9.17, 15) is 18.5 Å². The van der Waals surface area contributed by atoms with Crippen LogP contribution in [-0.4, -0.2) is 43.8 Å². The third-order valence-electron chi connectivity index (χ3n) is 3.28. The normalized spacial score (nSPS) is 17.6. The Morgan fingerprint density at radius 3 is 2.75 bits per heavy atom. The molecule has 0 aromatic heterocycles. The fourth-order valence-corrected chi connectivity index (χ4v) is 4.15. The SMILES string of the molecule is Cc1cccc([N+](=O)[O-])c1S(=O)(=O)N1CCCNCC1. The van der Waals surface area contributed by atoms with Crippen molar-refractivity contribution in [2.45, 2.75) is 18.2 Å². The molecule has 1 aliphatic heterocycles. The average Bonchev–Trinajstić information content (AvgIpc) is 2.67. The van der Waals surface area contributed by atoms with Crippen LogP contribution in [0.25, 0.3) is 0 Å². The van der Waals surface area contributed by atoms with Crippen molar-refractivity contribution in [2.75, 3.05) is 26.2 Å². The fourth-order valence-electron chi connectivity index (χ4n) is 2.31. The standard InChI is InChI=1S/C12H17N3O4S/c1-10-4-2-5-11(15(16)17)12(10)20(18,19)14-8-3-6-13-7-9-14/h2,4-5,13H,3,6-9H2,1H3. The number of hydrogen-bond acceptors (Lipinski definition) is 5. The topological polar surface area (TPSA) is 92.5 Å². The summed E-state index contributed by atoms with van der Waals surface area (Å²) in [6.45, 7) is 3.59. The molecule has 1 heterocycles. The van der Waals surface area contributed by atoms with Crippen LogP contribution in [0.1, 0.15) is 12.0 Å². The van der Waals surface area contributed by atoms with Gasteiger partial charge in [0.25, 0.3) is 5.69 Å². The van der Waals surface area contributed by atoms with Gasteiger partial charge >= 0.3 is 0 Å². The highest BCUT2D eigenvalue weighted by atomic mass is 32.2. The van der Waals surface area contributed by atoms with Crippen LogP contribution in [0.3, 0.4) is 0 Å². The van der Waals surface area contributed by atoms with Crippen molar-refractivity contribution in [1.29, 1.82) is 0 Å². The van der Waals surface area contributed by atoms with E-state index in [-0.39, 0.29) is 10.6 Å². The molecule has 0 unspecified atom stereocenters. The second-order valence-corrected chi connectivity index (χ2v) is 6.56. The third-order valence-corrected chi connectivity index (χ3v) is 5.38. The van der Waals surface area contributed by atoms with E-state index in [4.69, 9.17) is 0 Å². The molecule has 20 heavy (non-hydrogen) atoms. The quantitative estimate of drug-likeness (QED) is 0.661. The van der Waals surface area contributed by atoms with E-state index in [2.05, 4.69) is 5.32 Å². The van der Waals surface area contributed by atoms with Gasteiger partial charge in [0.05, 0.1) is 4.92 Å². The van der Waals surface area contributed by atoms with Gasteiger partial charge in [-0.3, -0.25) is 10.1 Å². The highest BCUT2D eigenvalue weighted by Crippen LogP contribution is 2.29. The van der Waals surface area contributed by atoms with Crippen molar-refractivity contribution >= 4 is 15.7 Å². The molecule has 0 aliphatic carbocycles. The molecule has 7 nitrogen and oxygen atoms in total. The van der Waals surface area contributed by atoms with Gasteiger partial charge in [0, 0.05) is 25.7 Å². The van der Waals surface area contributed by atoms with E-state index in [0.29, 0.717) is 31.6 Å². The van der Waals surface area contributed by atoms with E-state index in [1.165, 1.54) is 16.4 Å².